The molecule has 1 heterocycles. The van der Waals surface area contributed by atoms with Gasteiger partial charge in [-0.2, -0.15) is 0 Å². The van der Waals surface area contributed by atoms with E-state index in [-0.39, 0.29) is 16.2 Å². The number of hydrogen-bond acceptors (Lipinski definition) is 7. The first-order chi connectivity index (χ1) is 16.8. The molecule has 3 aromatic rings. The van der Waals surface area contributed by atoms with Gasteiger partial charge in [-0.05, 0) is 48.4 Å². The molecule has 0 unspecified atom stereocenters. The molecule has 9 nitrogen and oxygen atoms in total. The summed E-state index contributed by atoms with van der Waals surface area (Å²) in [4.78, 5) is 24.9. The first-order valence-corrected chi connectivity index (χ1v) is 12.2. The maximum atomic E-state index is 13.4. The zero-order valence-corrected chi connectivity index (χ0v) is 20.0. The van der Waals surface area contributed by atoms with E-state index in [9.17, 15) is 18.0 Å². The number of anilines is 2. The summed E-state index contributed by atoms with van der Waals surface area (Å²) in [6.07, 6.45) is 0.600. The smallest absolute Gasteiger partial charge is 0.342 e. The fourth-order valence-electron chi connectivity index (χ4n) is 3.80. The van der Waals surface area contributed by atoms with Gasteiger partial charge in [-0.3, -0.25) is 9.10 Å². The predicted molar refractivity (Wildman–Crippen MR) is 130 cm³/mol. The van der Waals surface area contributed by atoms with Crippen molar-refractivity contribution in [3.05, 3.63) is 77.9 Å². The monoisotopic (exact) mass is 496 g/mol. The number of carbonyl (C=O) groups is 2. The lowest BCUT2D eigenvalue weighted by molar-refractivity contribution is -0.119. The molecule has 182 valence electrons. The van der Waals surface area contributed by atoms with Crippen LogP contribution in [0.1, 0.15) is 15.9 Å². The number of methoxy groups -OCH3 is 2. The van der Waals surface area contributed by atoms with Crippen LogP contribution in [0.4, 0.5) is 11.4 Å². The summed E-state index contributed by atoms with van der Waals surface area (Å²) in [6, 6.07) is 18.0. The first kappa shape index (κ1) is 24.1. The summed E-state index contributed by atoms with van der Waals surface area (Å²) in [5.41, 5.74) is 1.92. The van der Waals surface area contributed by atoms with Crippen molar-refractivity contribution in [1.82, 2.24) is 0 Å². The van der Waals surface area contributed by atoms with Crippen LogP contribution in [-0.2, 0) is 26.0 Å². The zero-order chi connectivity index (χ0) is 25.0. The Kier molecular flexibility index (Phi) is 6.92. The van der Waals surface area contributed by atoms with E-state index in [0.29, 0.717) is 30.1 Å². The number of para-hydroxylation sites is 1. The molecule has 0 radical (unpaired) electrons. The van der Waals surface area contributed by atoms with E-state index in [4.69, 9.17) is 14.2 Å². The van der Waals surface area contributed by atoms with E-state index in [0.717, 1.165) is 5.56 Å². The maximum Gasteiger partial charge on any atom is 0.342 e. The van der Waals surface area contributed by atoms with Crippen molar-refractivity contribution >= 4 is 33.3 Å². The van der Waals surface area contributed by atoms with Crippen LogP contribution in [0.2, 0.25) is 0 Å². The minimum absolute atomic E-state index is 0.0808. The molecule has 0 saturated carbocycles. The molecule has 1 amide bonds. The van der Waals surface area contributed by atoms with E-state index in [2.05, 4.69) is 5.32 Å². The van der Waals surface area contributed by atoms with Gasteiger partial charge in [0.25, 0.3) is 15.9 Å². The van der Waals surface area contributed by atoms with Gasteiger partial charge in [0, 0.05) is 18.3 Å². The largest absolute Gasteiger partial charge is 0.497 e. The average molecular weight is 497 g/mol. The lowest BCUT2D eigenvalue weighted by atomic mass is 10.2. The Morgan fingerprint density at radius 3 is 2.54 bits per heavy atom. The van der Waals surface area contributed by atoms with E-state index in [1.54, 1.807) is 36.4 Å². The quantitative estimate of drug-likeness (QED) is 0.477. The normalized spacial score (nSPS) is 12.6. The zero-order valence-electron chi connectivity index (χ0n) is 19.2. The van der Waals surface area contributed by atoms with E-state index >= 15 is 0 Å². The van der Waals surface area contributed by atoms with Gasteiger partial charge in [0.2, 0.25) is 0 Å². The third-order valence-corrected chi connectivity index (χ3v) is 7.32. The van der Waals surface area contributed by atoms with Gasteiger partial charge in [0.1, 0.15) is 17.1 Å². The molecule has 10 heteroatoms. The number of rotatable bonds is 8. The number of carbonyl (C=O) groups excluding carboxylic acids is 2. The van der Waals surface area contributed by atoms with Crippen LogP contribution in [0.25, 0.3) is 0 Å². The first-order valence-electron chi connectivity index (χ1n) is 10.7. The molecule has 0 bridgehead atoms. The predicted octanol–water partition coefficient (Wildman–Crippen LogP) is 3.25. The highest BCUT2D eigenvalue weighted by molar-refractivity contribution is 7.92. The summed E-state index contributed by atoms with van der Waals surface area (Å²) in [7, 11) is -1.07. The van der Waals surface area contributed by atoms with Crippen molar-refractivity contribution in [3.63, 3.8) is 0 Å². The van der Waals surface area contributed by atoms with Gasteiger partial charge in [-0.25, -0.2) is 13.2 Å². The number of benzene rings is 3. The maximum absolute atomic E-state index is 13.4. The second-order valence-electron chi connectivity index (χ2n) is 7.67. The Labute approximate surface area is 203 Å². The molecule has 0 aliphatic carbocycles. The van der Waals surface area contributed by atoms with Crippen molar-refractivity contribution in [3.8, 4) is 11.5 Å². The number of hydrogen-bond donors (Lipinski definition) is 1. The summed E-state index contributed by atoms with van der Waals surface area (Å²) >= 11 is 0. The average Bonchev–Trinajstić information content (AvgIpc) is 3.32. The molecule has 4 rings (SSSR count). The second kappa shape index (κ2) is 10.1. The van der Waals surface area contributed by atoms with Crippen LogP contribution in [0.3, 0.4) is 0 Å². The standard InChI is InChI=1S/C25H24N2O7S/c1-32-19-8-5-7-18(14-19)26-24(28)16-34-25(29)21-15-20(10-11-23(21)33-2)35(30,31)27-13-12-17-6-3-4-9-22(17)27/h3-11,14-15H,12-13,16H2,1-2H3,(H,26,28). The molecule has 0 aromatic heterocycles. The number of nitrogens with zero attached hydrogens (tertiary/aromatic N) is 1. The topological polar surface area (TPSA) is 111 Å². The van der Waals surface area contributed by atoms with Crippen molar-refractivity contribution in [2.45, 2.75) is 11.3 Å². The Hall–Kier alpha value is -4.05. The summed E-state index contributed by atoms with van der Waals surface area (Å²) in [5, 5.41) is 2.60. The fourth-order valence-corrected chi connectivity index (χ4v) is 5.33. The Morgan fingerprint density at radius 2 is 1.77 bits per heavy atom. The van der Waals surface area contributed by atoms with Crippen molar-refractivity contribution in [1.29, 1.82) is 0 Å². The molecule has 0 saturated heterocycles. The van der Waals surface area contributed by atoms with Gasteiger partial charge in [-0.15, -0.1) is 0 Å². The summed E-state index contributed by atoms with van der Waals surface area (Å²) in [6.45, 7) is -0.270. The van der Waals surface area contributed by atoms with Crippen molar-refractivity contribution in [2.24, 2.45) is 0 Å². The van der Waals surface area contributed by atoms with Crippen molar-refractivity contribution < 1.29 is 32.2 Å². The molecule has 0 fully saturated rings. The molecule has 0 spiro atoms. The van der Waals surface area contributed by atoms with Crippen LogP contribution in [0.5, 0.6) is 11.5 Å². The molecule has 1 N–H and O–H groups in total. The number of nitrogens with one attached hydrogen (secondary N) is 1. The minimum atomic E-state index is -3.93. The van der Waals surface area contributed by atoms with Gasteiger partial charge in [0.15, 0.2) is 6.61 Å². The third kappa shape index (κ3) is 5.07. The van der Waals surface area contributed by atoms with E-state index in [1.165, 1.54) is 36.7 Å². The van der Waals surface area contributed by atoms with Crippen LogP contribution < -0.4 is 19.1 Å². The SMILES string of the molecule is COc1cccc(NC(=O)COC(=O)c2cc(S(=O)(=O)N3CCc4ccccc43)ccc2OC)c1. The molecule has 0 atom stereocenters. The van der Waals surface area contributed by atoms with Crippen molar-refractivity contribution in [2.75, 3.05) is 37.0 Å². The highest BCUT2D eigenvalue weighted by Gasteiger charge is 2.32. The lowest BCUT2D eigenvalue weighted by Gasteiger charge is -2.20. The molecule has 1 aliphatic rings. The second-order valence-corrected chi connectivity index (χ2v) is 9.54. The highest BCUT2D eigenvalue weighted by atomic mass is 32.2. The number of fused-ring (bicyclic) bond motifs is 1. The van der Waals surface area contributed by atoms with Crippen LogP contribution >= 0.6 is 0 Å². The highest BCUT2D eigenvalue weighted by Crippen LogP contribution is 2.34. The Morgan fingerprint density at radius 1 is 0.971 bits per heavy atom. The van der Waals surface area contributed by atoms with E-state index in [1.807, 2.05) is 12.1 Å². The van der Waals surface area contributed by atoms with Gasteiger partial charge in [-0.1, -0.05) is 24.3 Å². The molecule has 1 aliphatic heterocycles. The third-order valence-electron chi connectivity index (χ3n) is 5.51. The minimum Gasteiger partial charge on any atom is -0.497 e. The summed E-state index contributed by atoms with van der Waals surface area (Å²) in [5.74, 6) is -0.767. The van der Waals surface area contributed by atoms with Gasteiger partial charge in [0.05, 0.1) is 24.8 Å². The number of esters is 1. The molecular formula is C25H24N2O7S. The van der Waals surface area contributed by atoms with Gasteiger partial charge < -0.3 is 19.5 Å². The van der Waals surface area contributed by atoms with Crippen LogP contribution in [0.15, 0.2) is 71.6 Å². The Bertz CT molecular complexity index is 1370. The lowest BCUT2D eigenvalue weighted by Crippen LogP contribution is -2.29. The fraction of sp³-hybridized carbons (Fsp3) is 0.200. The Balaban J connectivity index is 1.50. The van der Waals surface area contributed by atoms with E-state index < -0.39 is 28.5 Å². The summed E-state index contributed by atoms with van der Waals surface area (Å²) < 4.78 is 43.5. The van der Waals surface area contributed by atoms with Crippen LogP contribution in [0, 0.1) is 0 Å². The van der Waals surface area contributed by atoms with Gasteiger partial charge >= 0.3 is 5.97 Å². The number of amides is 1. The molecule has 3 aromatic carbocycles. The molecule has 35 heavy (non-hydrogen) atoms. The number of ether oxygens (including phenoxy) is 3. The molecular weight excluding hydrogens is 472 g/mol. The number of sulfonamides is 1. The van der Waals surface area contributed by atoms with Crippen LogP contribution in [-0.4, -0.2) is 47.7 Å².